The van der Waals surface area contributed by atoms with Crippen LogP contribution in [0.5, 0.6) is 0 Å². The first-order valence-electron chi connectivity index (χ1n) is 23.9. The van der Waals surface area contributed by atoms with Crippen LogP contribution in [0.1, 0.15) is 182 Å². The maximum Gasteiger partial charge on any atom is 0.0805 e. The van der Waals surface area contributed by atoms with Gasteiger partial charge in [-0.15, -0.1) is 0 Å². The van der Waals surface area contributed by atoms with Crippen molar-refractivity contribution in [2.75, 3.05) is 46.2 Å². The van der Waals surface area contributed by atoms with E-state index in [1.54, 1.807) is 0 Å². The van der Waals surface area contributed by atoms with Gasteiger partial charge in [0.2, 0.25) is 0 Å². The maximum absolute atomic E-state index is 9.54. The van der Waals surface area contributed by atoms with Gasteiger partial charge >= 0.3 is 0 Å². The average Bonchev–Trinajstić information content (AvgIpc) is 3.93. The van der Waals surface area contributed by atoms with E-state index in [1.807, 2.05) is 0 Å². The minimum Gasteiger partial charge on any atom is -0.393 e. The Bertz CT molecular complexity index is 849. The standard InChI is InChI=1S/C9H18O.2C8H16O2.3C8H16O.2CH4/c1-7(2)8-5-3-4-6-9(8)10;1-6(2)7-5-10-4-3-8(7)9;1-6(2)7-3-4-10-5-8(7)9;1-6(2)8-5-9-4-7(8)3;1-7(2)6-8-4-3-5-9-8;1-6(2)7-4-3-5-8(7)9;;/h7-10H,3-6H2,1-2H3;2*6-9H,3-5H2,1-2H3;6-8H,4-5H2,1-3H3;7-8H,3-6H2,1-2H3;6-9H,3-5H2,1-2H3;2*1H4. The van der Waals surface area contributed by atoms with Crippen molar-refractivity contribution in [3.8, 4) is 0 Å². The zero-order valence-corrected chi connectivity index (χ0v) is 39.7. The summed E-state index contributed by atoms with van der Waals surface area (Å²) in [5, 5.41) is 37.8. The van der Waals surface area contributed by atoms with Crippen LogP contribution < -0.4 is 0 Å². The van der Waals surface area contributed by atoms with Crippen LogP contribution >= 0.6 is 0 Å². The monoisotopic (exact) mass is 847 g/mol. The van der Waals surface area contributed by atoms with E-state index in [0.29, 0.717) is 60.1 Å². The van der Waals surface area contributed by atoms with Gasteiger partial charge in [-0.3, -0.25) is 0 Å². The molecule has 0 amide bonds. The molecule has 0 aromatic carbocycles. The van der Waals surface area contributed by atoms with Crippen LogP contribution in [0.4, 0.5) is 0 Å². The summed E-state index contributed by atoms with van der Waals surface area (Å²) in [5.74, 6) is 7.61. The molecule has 11 unspecified atom stereocenters. The molecule has 8 nitrogen and oxygen atoms in total. The number of aliphatic hydroxyl groups is 4. The number of hydrogen-bond donors (Lipinski definition) is 4. The molecular weight excluding hydrogens is 741 g/mol. The molecule has 2 aliphatic carbocycles. The summed E-state index contributed by atoms with van der Waals surface area (Å²) in [5.41, 5.74) is 0. The zero-order chi connectivity index (χ0) is 43.1. The molecule has 0 radical (unpaired) electrons. The van der Waals surface area contributed by atoms with E-state index in [0.717, 1.165) is 89.0 Å². The first-order valence-corrected chi connectivity index (χ1v) is 23.9. The summed E-state index contributed by atoms with van der Waals surface area (Å²) in [6.45, 7) is 34.5. The van der Waals surface area contributed by atoms with E-state index < -0.39 is 0 Å². The third kappa shape index (κ3) is 25.5. The Kier molecular flexibility index (Phi) is 35.2. The molecular formula is C51H106O8. The lowest BCUT2D eigenvalue weighted by molar-refractivity contribution is -0.0572. The largest absolute Gasteiger partial charge is 0.393 e. The van der Waals surface area contributed by atoms with Crippen LogP contribution in [-0.4, -0.2) is 97.2 Å². The van der Waals surface area contributed by atoms with Gasteiger partial charge in [-0.1, -0.05) is 124 Å². The summed E-state index contributed by atoms with van der Waals surface area (Å²) in [7, 11) is 0. The predicted molar refractivity (Wildman–Crippen MR) is 251 cm³/mol. The Morgan fingerprint density at radius 1 is 0.407 bits per heavy atom. The van der Waals surface area contributed by atoms with E-state index in [9.17, 15) is 20.4 Å². The van der Waals surface area contributed by atoms with Crippen molar-refractivity contribution in [1.29, 1.82) is 0 Å². The molecule has 0 aromatic rings. The van der Waals surface area contributed by atoms with Crippen LogP contribution in [0.15, 0.2) is 0 Å². The highest BCUT2D eigenvalue weighted by Gasteiger charge is 2.29. The lowest BCUT2D eigenvalue weighted by Gasteiger charge is -2.30. The summed E-state index contributed by atoms with van der Waals surface area (Å²) >= 11 is 0. The van der Waals surface area contributed by atoms with E-state index in [2.05, 4.69) is 90.0 Å². The second kappa shape index (κ2) is 34.1. The molecule has 59 heavy (non-hydrogen) atoms. The van der Waals surface area contributed by atoms with Crippen LogP contribution in [-0.2, 0) is 18.9 Å². The summed E-state index contributed by atoms with van der Waals surface area (Å²) in [4.78, 5) is 0. The Hall–Kier alpha value is -0.320. The summed E-state index contributed by atoms with van der Waals surface area (Å²) in [6, 6.07) is 0. The molecule has 4 heterocycles. The molecule has 4 saturated heterocycles. The first kappa shape index (κ1) is 60.8. The molecule has 6 aliphatic rings. The smallest absolute Gasteiger partial charge is 0.0805 e. The number of hydrogen-bond acceptors (Lipinski definition) is 8. The number of ether oxygens (including phenoxy) is 4. The lowest BCUT2D eigenvalue weighted by atomic mass is 9.79. The Morgan fingerprint density at radius 2 is 0.847 bits per heavy atom. The number of rotatable bonds is 7. The molecule has 2 saturated carbocycles. The van der Waals surface area contributed by atoms with Crippen molar-refractivity contribution >= 4 is 0 Å². The predicted octanol–water partition coefficient (Wildman–Crippen LogP) is 11.5. The molecule has 4 N–H and O–H groups in total. The first-order chi connectivity index (χ1) is 26.9. The van der Waals surface area contributed by atoms with Gasteiger partial charge in [0.15, 0.2) is 0 Å². The highest BCUT2D eigenvalue weighted by Crippen LogP contribution is 2.32. The second-order valence-corrected chi connectivity index (χ2v) is 20.5. The van der Waals surface area contributed by atoms with Gasteiger partial charge in [0, 0.05) is 39.0 Å². The molecule has 0 aromatic heterocycles. The summed E-state index contributed by atoms with van der Waals surface area (Å²) < 4.78 is 21.2. The Labute approximate surface area is 368 Å². The van der Waals surface area contributed by atoms with Crippen molar-refractivity contribution in [3.63, 3.8) is 0 Å². The third-order valence-electron chi connectivity index (χ3n) is 13.5. The van der Waals surface area contributed by atoms with Gasteiger partial charge in [-0.05, 0) is 123 Å². The quantitative estimate of drug-likeness (QED) is 0.200. The molecule has 358 valence electrons. The fraction of sp³-hybridized carbons (Fsp3) is 1.00. The molecule has 11 atom stereocenters. The van der Waals surface area contributed by atoms with Gasteiger partial charge < -0.3 is 39.4 Å². The van der Waals surface area contributed by atoms with Crippen LogP contribution in [0.25, 0.3) is 0 Å². The fourth-order valence-corrected chi connectivity index (χ4v) is 9.45. The Morgan fingerprint density at radius 3 is 1.19 bits per heavy atom. The topological polar surface area (TPSA) is 118 Å². The zero-order valence-electron chi connectivity index (χ0n) is 39.7. The Balaban J connectivity index is 0. The van der Waals surface area contributed by atoms with Gasteiger partial charge in [0.25, 0.3) is 0 Å². The van der Waals surface area contributed by atoms with Crippen LogP contribution in [0.3, 0.4) is 0 Å². The van der Waals surface area contributed by atoms with Crippen molar-refractivity contribution in [1.82, 2.24) is 0 Å². The SMILES string of the molecule is C.C.CC(C)C1CCCC1O.CC(C)C1CCCCC1O.CC(C)C1CCOCC1O.CC(C)C1COCC1C.CC(C)C1COCCC1O.CC(C)CC1CCCO1. The van der Waals surface area contributed by atoms with Gasteiger partial charge in [-0.2, -0.15) is 0 Å². The number of aliphatic hydroxyl groups excluding tert-OH is 4. The van der Waals surface area contributed by atoms with Crippen molar-refractivity contribution in [2.45, 2.75) is 212 Å². The third-order valence-corrected chi connectivity index (χ3v) is 13.5. The van der Waals surface area contributed by atoms with Gasteiger partial charge in [0.05, 0.1) is 43.7 Å². The van der Waals surface area contributed by atoms with Crippen molar-refractivity contribution < 1.29 is 39.4 Å². The highest BCUT2D eigenvalue weighted by molar-refractivity contribution is 4.79. The molecule has 8 heteroatoms. The maximum atomic E-state index is 9.54. The van der Waals surface area contributed by atoms with Crippen molar-refractivity contribution in [2.24, 2.45) is 71.0 Å². The minimum absolute atomic E-state index is 0. The molecule has 0 spiro atoms. The molecule has 0 bridgehead atoms. The van der Waals surface area contributed by atoms with Gasteiger partial charge in [-0.25, -0.2) is 0 Å². The normalized spacial score (nSPS) is 32.9. The summed E-state index contributed by atoms with van der Waals surface area (Å²) in [6.07, 6.45) is 14.2. The van der Waals surface area contributed by atoms with Gasteiger partial charge in [0.1, 0.15) is 0 Å². The minimum atomic E-state index is -0.228. The average molecular weight is 847 g/mol. The van der Waals surface area contributed by atoms with Crippen LogP contribution in [0, 0.1) is 71.0 Å². The van der Waals surface area contributed by atoms with Crippen LogP contribution in [0.2, 0.25) is 0 Å². The van der Waals surface area contributed by atoms with E-state index in [-0.39, 0.29) is 39.3 Å². The molecule has 6 fully saturated rings. The van der Waals surface area contributed by atoms with E-state index in [1.165, 1.54) is 51.4 Å². The van der Waals surface area contributed by atoms with Crippen molar-refractivity contribution in [3.05, 3.63) is 0 Å². The van der Waals surface area contributed by atoms with E-state index in [4.69, 9.17) is 18.9 Å². The second-order valence-electron chi connectivity index (χ2n) is 20.5. The lowest BCUT2D eigenvalue weighted by Crippen LogP contribution is -2.35. The fourth-order valence-electron chi connectivity index (χ4n) is 9.45. The van der Waals surface area contributed by atoms with E-state index >= 15 is 0 Å². The highest BCUT2D eigenvalue weighted by atomic mass is 16.5. The molecule has 4 aliphatic heterocycles. The molecule has 6 rings (SSSR count).